The zero-order chi connectivity index (χ0) is 20.8. The van der Waals surface area contributed by atoms with Crippen molar-refractivity contribution in [2.75, 3.05) is 33.4 Å². The van der Waals surface area contributed by atoms with E-state index in [0.29, 0.717) is 12.6 Å². The van der Waals surface area contributed by atoms with E-state index in [9.17, 15) is 9.59 Å². The largest absolute Gasteiger partial charge is 0.381 e. The molecular formula is C22H34N4O3. The lowest BCUT2D eigenvalue weighted by molar-refractivity contribution is -0.135. The Balaban J connectivity index is 1.69. The average molecular weight is 403 g/mol. The standard InChI is InChI=1S/C22H34N4O3/c1-16-5-4-10-23-21(16)15-25(3)22(28)18-6-7-19(24-17(2)27)14-26(13-18)20-8-11-29-12-9-20/h4-5,10,18-20H,6-9,11-15H2,1-3H3,(H,24,27)/t18-,19+/m1/s1. The van der Waals surface area contributed by atoms with Gasteiger partial charge in [-0.1, -0.05) is 6.07 Å². The quantitative estimate of drug-likeness (QED) is 0.812. The van der Waals surface area contributed by atoms with Gasteiger partial charge >= 0.3 is 0 Å². The van der Waals surface area contributed by atoms with Crippen LogP contribution in [0.1, 0.15) is 43.9 Å². The summed E-state index contributed by atoms with van der Waals surface area (Å²) in [6.45, 7) is 7.19. The van der Waals surface area contributed by atoms with E-state index in [1.165, 1.54) is 0 Å². The van der Waals surface area contributed by atoms with Crippen LogP contribution in [0, 0.1) is 12.8 Å². The zero-order valence-electron chi connectivity index (χ0n) is 17.9. The van der Waals surface area contributed by atoms with Crippen LogP contribution in [0.4, 0.5) is 0 Å². The van der Waals surface area contributed by atoms with Crippen molar-refractivity contribution in [3.63, 3.8) is 0 Å². The molecule has 2 atom stereocenters. The molecule has 0 unspecified atom stereocenters. The second-order valence-electron chi connectivity index (χ2n) is 8.43. The van der Waals surface area contributed by atoms with E-state index < -0.39 is 0 Å². The van der Waals surface area contributed by atoms with Crippen molar-refractivity contribution in [3.8, 4) is 0 Å². The molecule has 2 aliphatic rings. The highest BCUT2D eigenvalue weighted by Gasteiger charge is 2.34. The van der Waals surface area contributed by atoms with Gasteiger partial charge < -0.3 is 15.0 Å². The minimum Gasteiger partial charge on any atom is -0.381 e. The lowest BCUT2D eigenvalue weighted by Crippen LogP contribution is -2.48. The molecule has 2 aliphatic heterocycles. The summed E-state index contributed by atoms with van der Waals surface area (Å²) in [5.74, 6) is 0.0932. The molecule has 3 heterocycles. The summed E-state index contributed by atoms with van der Waals surface area (Å²) in [6, 6.07) is 4.45. The summed E-state index contributed by atoms with van der Waals surface area (Å²) in [7, 11) is 1.87. The van der Waals surface area contributed by atoms with Gasteiger partial charge in [0.05, 0.1) is 18.2 Å². The van der Waals surface area contributed by atoms with Crippen LogP contribution >= 0.6 is 0 Å². The summed E-state index contributed by atoms with van der Waals surface area (Å²) >= 11 is 0. The number of carbonyl (C=O) groups is 2. The SMILES string of the molecule is CC(=O)N[C@H]1CC[C@@H](C(=O)N(C)Cc2ncccc2C)CN(C2CCOCC2)C1. The molecule has 2 fully saturated rings. The number of nitrogens with zero attached hydrogens (tertiary/aromatic N) is 3. The van der Waals surface area contributed by atoms with Crippen LogP contribution in [0.15, 0.2) is 18.3 Å². The molecule has 1 aromatic rings. The van der Waals surface area contributed by atoms with Crippen LogP contribution in [-0.4, -0.2) is 72.0 Å². The number of hydrogen-bond donors (Lipinski definition) is 1. The number of rotatable bonds is 5. The summed E-state index contributed by atoms with van der Waals surface area (Å²) in [4.78, 5) is 33.6. The van der Waals surface area contributed by atoms with E-state index >= 15 is 0 Å². The van der Waals surface area contributed by atoms with Crippen molar-refractivity contribution < 1.29 is 14.3 Å². The number of pyridine rings is 1. The molecule has 0 aliphatic carbocycles. The second-order valence-corrected chi connectivity index (χ2v) is 8.43. The minimum atomic E-state index is -0.0642. The highest BCUT2D eigenvalue weighted by atomic mass is 16.5. The van der Waals surface area contributed by atoms with Crippen molar-refractivity contribution in [3.05, 3.63) is 29.6 Å². The van der Waals surface area contributed by atoms with Crippen LogP contribution in [0.2, 0.25) is 0 Å². The first kappa shape index (κ1) is 21.7. The van der Waals surface area contributed by atoms with E-state index in [0.717, 1.165) is 63.2 Å². The van der Waals surface area contributed by atoms with E-state index in [2.05, 4.69) is 15.2 Å². The molecule has 7 nitrogen and oxygen atoms in total. The smallest absolute Gasteiger partial charge is 0.227 e. The summed E-state index contributed by atoms with van der Waals surface area (Å²) in [5.41, 5.74) is 2.04. The number of likely N-dealkylation sites (tertiary alicyclic amines) is 1. The van der Waals surface area contributed by atoms with Gasteiger partial charge in [-0.2, -0.15) is 0 Å². The Morgan fingerprint density at radius 1 is 1.24 bits per heavy atom. The Labute approximate surface area is 173 Å². The predicted molar refractivity (Wildman–Crippen MR) is 111 cm³/mol. The Kier molecular flexibility index (Phi) is 7.61. The molecule has 0 bridgehead atoms. The fraction of sp³-hybridized carbons (Fsp3) is 0.682. The van der Waals surface area contributed by atoms with Crippen molar-refractivity contribution in [1.29, 1.82) is 0 Å². The Bertz CT molecular complexity index is 705. The number of hydrogen-bond acceptors (Lipinski definition) is 5. The van der Waals surface area contributed by atoms with Crippen molar-refractivity contribution in [2.45, 2.75) is 58.2 Å². The fourth-order valence-electron chi connectivity index (χ4n) is 4.48. The highest BCUT2D eigenvalue weighted by molar-refractivity contribution is 5.79. The third-order valence-corrected chi connectivity index (χ3v) is 6.12. The van der Waals surface area contributed by atoms with Gasteiger partial charge in [-0.25, -0.2) is 0 Å². The Morgan fingerprint density at radius 2 is 2.00 bits per heavy atom. The number of carbonyl (C=O) groups excluding carboxylic acids is 2. The number of aryl methyl sites for hydroxylation is 1. The number of nitrogens with one attached hydrogen (secondary N) is 1. The molecule has 0 radical (unpaired) electrons. The number of ether oxygens (including phenoxy) is 1. The third-order valence-electron chi connectivity index (χ3n) is 6.12. The molecule has 1 aromatic heterocycles. The molecule has 2 amide bonds. The van der Waals surface area contributed by atoms with Crippen molar-refractivity contribution in [1.82, 2.24) is 20.1 Å². The maximum atomic E-state index is 13.3. The number of aromatic nitrogens is 1. The van der Waals surface area contributed by atoms with Gasteiger partial charge in [-0.15, -0.1) is 0 Å². The summed E-state index contributed by atoms with van der Waals surface area (Å²) < 4.78 is 5.52. The van der Waals surface area contributed by atoms with Gasteiger partial charge in [0.25, 0.3) is 0 Å². The lowest BCUT2D eigenvalue weighted by Gasteiger charge is -2.36. The highest BCUT2D eigenvalue weighted by Crippen LogP contribution is 2.24. The molecule has 160 valence electrons. The van der Waals surface area contributed by atoms with E-state index in [1.54, 1.807) is 18.0 Å². The monoisotopic (exact) mass is 402 g/mol. The normalized spacial score (nSPS) is 24.0. The molecule has 2 saturated heterocycles. The molecule has 0 aromatic carbocycles. The van der Waals surface area contributed by atoms with Gasteiger partial charge in [-0.3, -0.25) is 19.5 Å². The lowest BCUT2D eigenvalue weighted by atomic mass is 9.99. The van der Waals surface area contributed by atoms with Crippen molar-refractivity contribution >= 4 is 11.8 Å². The zero-order valence-corrected chi connectivity index (χ0v) is 17.9. The molecule has 0 spiro atoms. The molecule has 0 saturated carbocycles. The van der Waals surface area contributed by atoms with Gasteiger partial charge in [0.1, 0.15) is 0 Å². The topological polar surface area (TPSA) is 74.8 Å². The van der Waals surface area contributed by atoms with E-state index in [1.807, 2.05) is 26.1 Å². The first-order valence-electron chi connectivity index (χ1n) is 10.7. The van der Waals surface area contributed by atoms with E-state index in [-0.39, 0.29) is 23.8 Å². The Morgan fingerprint density at radius 3 is 2.69 bits per heavy atom. The molecule has 29 heavy (non-hydrogen) atoms. The predicted octanol–water partition coefficient (Wildman–Crippen LogP) is 1.74. The van der Waals surface area contributed by atoms with Gasteiger partial charge in [0.2, 0.25) is 11.8 Å². The summed E-state index contributed by atoms with van der Waals surface area (Å²) in [5, 5.41) is 3.08. The van der Waals surface area contributed by atoms with Gasteiger partial charge in [0, 0.05) is 58.6 Å². The van der Waals surface area contributed by atoms with Crippen LogP contribution in [0.25, 0.3) is 0 Å². The maximum absolute atomic E-state index is 13.3. The molecule has 1 N–H and O–H groups in total. The first-order valence-corrected chi connectivity index (χ1v) is 10.7. The Hall–Kier alpha value is -1.99. The maximum Gasteiger partial charge on any atom is 0.227 e. The third kappa shape index (κ3) is 6.00. The molecular weight excluding hydrogens is 368 g/mol. The molecule has 7 heteroatoms. The van der Waals surface area contributed by atoms with Gasteiger partial charge in [-0.05, 0) is 44.2 Å². The van der Waals surface area contributed by atoms with E-state index in [4.69, 9.17) is 4.74 Å². The van der Waals surface area contributed by atoms with Crippen LogP contribution < -0.4 is 5.32 Å². The molecule has 3 rings (SSSR count). The minimum absolute atomic E-state index is 0.00514. The van der Waals surface area contributed by atoms with Gasteiger partial charge in [0.15, 0.2) is 0 Å². The van der Waals surface area contributed by atoms with Crippen LogP contribution in [-0.2, 0) is 20.9 Å². The first-order chi connectivity index (χ1) is 13.9. The van der Waals surface area contributed by atoms with Crippen LogP contribution in [0.3, 0.4) is 0 Å². The second kappa shape index (κ2) is 10.2. The number of amides is 2. The summed E-state index contributed by atoms with van der Waals surface area (Å²) in [6.07, 6.45) is 5.35. The van der Waals surface area contributed by atoms with Crippen LogP contribution in [0.5, 0.6) is 0 Å². The van der Waals surface area contributed by atoms with Crippen molar-refractivity contribution in [2.24, 2.45) is 5.92 Å². The fourth-order valence-corrected chi connectivity index (χ4v) is 4.48. The average Bonchev–Trinajstić information content (AvgIpc) is 2.92.